The molecule has 3 aromatic carbocycles. The molecular weight excluding hydrogens is 495 g/mol. The van der Waals surface area contributed by atoms with E-state index in [0.29, 0.717) is 29.5 Å². The third kappa shape index (κ3) is 6.78. The number of ether oxygens (including phenoxy) is 1. The van der Waals surface area contributed by atoms with E-state index in [-0.39, 0.29) is 24.1 Å². The van der Waals surface area contributed by atoms with Crippen LogP contribution in [-0.4, -0.2) is 32.9 Å². The fraction of sp³-hybridized carbons (Fsp3) is 0.269. The quantitative estimate of drug-likeness (QED) is 0.334. The lowest BCUT2D eigenvalue weighted by Gasteiger charge is -2.25. The SMILES string of the molecule is COc1ccccc1C(=O)N(Cc1cccc(OS(=O)(=O)c2cccc(C(F)(F)F)c2)c1)CC(C)C. The van der Waals surface area contributed by atoms with Crippen molar-refractivity contribution < 1.29 is 35.3 Å². The van der Waals surface area contributed by atoms with Gasteiger partial charge in [-0.25, -0.2) is 0 Å². The zero-order valence-electron chi connectivity index (χ0n) is 20.0. The molecule has 10 heteroatoms. The van der Waals surface area contributed by atoms with Crippen molar-refractivity contribution in [3.8, 4) is 11.5 Å². The first kappa shape index (κ1) is 27.1. The number of amides is 1. The van der Waals surface area contributed by atoms with Gasteiger partial charge in [-0.15, -0.1) is 0 Å². The summed E-state index contributed by atoms with van der Waals surface area (Å²) in [7, 11) is -3.05. The Balaban J connectivity index is 1.85. The monoisotopic (exact) mass is 521 g/mol. The summed E-state index contributed by atoms with van der Waals surface area (Å²) in [5.74, 6) is 0.230. The normalized spacial score (nSPS) is 11.9. The highest BCUT2D eigenvalue weighted by molar-refractivity contribution is 7.87. The van der Waals surface area contributed by atoms with Crippen LogP contribution in [0.2, 0.25) is 0 Å². The minimum Gasteiger partial charge on any atom is -0.496 e. The van der Waals surface area contributed by atoms with E-state index >= 15 is 0 Å². The van der Waals surface area contributed by atoms with Crippen LogP contribution in [0.25, 0.3) is 0 Å². The molecule has 0 atom stereocenters. The Bertz CT molecular complexity index is 1320. The van der Waals surface area contributed by atoms with Gasteiger partial charge >= 0.3 is 16.3 Å². The Kier molecular flexibility index (Phi) is 8.29. The van der Waals surface area contributed by atoms with Crippen molar-refractivity contribution in [2.45, 2.75) is 31.5 Å². The van der Waals surface area contributed by atoms with Gasteiger partial charge in [-0.2, -0.15) is 21.6 Å². The van der Waals surface area contributed by atoms with Crippen LogP contribution < -0.4 is 8.92 Å². The molecule has 6 nitrogen and oxygen atoms in total. The van der Waals surface area contributed by atoms with E-state index in [1.54, 1.807) is 41.3 Å². The van der Waals surface area contributed by atoms with Gasteiger partial charge in [0, 0.05) is 13.1 Å². The molecular formula is C26H26F3NO5S. The number of hydrogen-bond acceptors (Lipinski definition) is 5. The predicted octanol–water partition coefficient (Wildman–Crippen LogP) is 5.78. The smallest absolute Gasteiger partial charge is 0.416 e. The first-order valence-electron chi connectivity index (χ1n) is 11.0. The first-order chi connectivity index (χ1) is 16.9. The third-order valence-corrected chi connectivity index (χ3v) is 6.38. The second kappa shape index (κ2) is 11.0. The molecule has 1 amide bonds. The second-order valence-corrected chi connectivity index (χ2v) is 10.0. The standard InChI is InChI=1S/C26H26F3NO5S/c1-18(2)16-30(25(31)23-12-4-5-13-24(23)34-3)17-19-8-6-10-21(14-19)35-36(32,33)22-11-7-9-20(15-22)26(27,28)29/h4-15,18H,16-17H2,1-3H3. The molecule has 0 aliphatic carbocycles. The molecule has 0 fully saturated rings. The van der Waals surface area contributed by atoms with Crippen LogP contribution in [0.3, 0.4) is 0 Å². The number of alkyl halides is 3. The van der Waals surface area contributed by atoms with E-state index in [2.05, 4.69) is 0 Å². The molecule has 3 rings (SSSR count). The van der Waals surface area contributed by atoms with Crippen molar-refractivity contribution in [1.29, 1.82) is 0 Å². The molecule has 0 aliphatic rings. The number of hydrogen-bond donors (Lipinski definition) is 0. The summed E-state index contributed by atoms with van der Waals surface area (Å²) < 4.78 is 74.8. The Morgan fingerprint density at radius 2 is 1.67 bits per heavy atom. The molecule has 0 N–H and O–H groups in total. The van der Waals surface area contributed by atoms with Crippen molar-refractivity contribution in [2.75, 3.05) is 13.7 Å². The summed E-state index contributed by atoms with van der Waals surface area (Å²) in [6.07, 6.45) is -4.70. The molecule has 3 aromatic rings. The van der Waals surface area contributed by atoms with Gasteiger partial charge in [0.2, 0.25) is 0 Å². The number of benzene rings is 3. The maximum absolute atomic E-state index is 13.3. The summed E-state index contributed by atoms with van der Waals surface area (Å²) in [4.78, 5) is 14.3. The predicted molar refractivity (Wildman–Crippen MR) is 128 cm³/mol. The number of nitrogens with zero attached hydrogens (tertiary/aromatic N) is 1. The van der Waals surface area contributed by atoms with Gasteiger partial charge in [-0.1, -0.05) is 44.2 Å². The maximum atomic E-state index is 13.3. The van der Waals surface area contributed by atoms with Gasteiger partial charge in [-0.05, 0) is 53.9 Å². The Hall–Kier alpha value is -3.53. The first-order valence-corrected chi connectivity index (χ1v) is 12.4. The lowest BCUT2D eigenvalue weighted by Crippen LogP contribution is -2.34. The van der Waals surface area contributed by atoms with Crippen molar-refractivity contribution in [3.05, 3.63) is 89.5 Å². The average molecular weight is 522 g/mol. The van der Waals surface area contributed by atoms with Crippen molar-refractivity contribution in [2.24, 2.45) is 5.92 Å². The Morgan fingerprint density at radius 3 is 2.33 bits per heavy atom. The highest BCUT2D eigenvalue weighted by Gasteiger charge is 2.32. The molecule has 0 radical (unpaired) electrons. The van der Waals surface area contributed by atoms with E-state index in [1.807, 2.05) is 13.8 Å². The molecule has 0 saturated heterocycles. The number of carbonyl (C=O) groups excluding carboxylic acids is 1. The topological polar surface area (TPSA) is 72.9 Å². The van der Waals surface area contributed by atoms with E-state index in [4.69, 9.17) is 8.92 Å². The summed E-state index contributed by atoms with van der Waals surface area (Å²) in [6, 6.07) is 16.2. The third-order valence-electron chi connectivity index (χ3n) is 5.14. The van der Waals surface area contributed by atoms with Crippen LogP contribution >= 0.6 is 0 Å². The zero-order valence-corrected chi connectivity index (χ0v) is 20.8. The van der Waals surface area contributed by atoms with E-state index in [0.717, 1.165) is 18.2 Å². The van der Waals surface area contributed by atoms with Crippen LogP contribution in [0.1, 0.15) is 35.3 Å². The fourth-order valence-corrected chi connectivity index (χ4v) is 4.54. The van der Waals surface area contributed by atoms with Gasteiger partial charge in [0.05, 0.1) is 18.2 Å². The van der Waals surface area contributed by atoms with Crippen molar-refractivity contribution in [3.63, 3.8) is 0 Å². The van der Waals surface area contributed by atoms with Crippen molar-refractivity contribution in [1.82, 2.24) is 4.90 Å². The molecule has 36 heavy (non-hydrogen) atoms. The van der Waals surface area contributed by atoms with Gasteiger partial charge in [0.15, 0.2) is 0 Å². The second-order valence-electron chi connectivity index (χ2n) is 8.49. The summed E-state index contributed by atoms with van der Waals surface area (Å²) >= 11 is 0. The number of methoxy groups -OCH3 is 1. The van der Waals surface area contributed by atoms with Gasteiger partial charge < -0.3 is 13.8 Å². The lowest BCUT2D eigenvalue weighted by atomic mass is 10.1. The molecule has 0 spiro atoms. The number of halogens is 3. The minimum atomic E-state index is -4.70. The van der Waals surface area contributed by atoms with Gasteiger partial charge in [0.1, 0.15) is 16.4 Å². The van der Waals surface area contributed by atoms with Crippen LogP contribution in [0.15, 0.2) is 77.7 Å². The highest BCUT2D eigenvalue weighted by Crippen LogP contribution is 2.31. The van der Waals surface area contributed by atoms with E-state index in [1.165, 1.54) is 19.2 Å². The Morgan fingerprint density at radius 1 is 0.972 bits per heavy atom. The number of rotatable bonds is 9. The maximum Gasteiger partial charge on any atom is 0.416 e. The molecule has 0 saturated carbocycles. The largest absolute Gasteiger partial charge is 0.496 e. The fourth-order valence-electron chi connectivity index (χ4n) is 3.57. The van der Waals surface area contributed by atoms with Gasteiger partial charge in [0.25, 0.3) is 5.91 Å². The van der Waals surface area contributed by atoms with Crippen molar-refractivity contribution >= 4 is 16.0 Å². The van der Waals surface area contributed by atoms with Crippen LogP contribution in [0.5, 0.6) is 11.5 Å². The zero-order chi connectivity index (χ0) is 26.5. The molecule has 0 bridgehead atoms. The van der Waals surface area contributed by atoms with Crippen LogP contribution in [-0.2, 0) is 22.8 Å². The molecule has 0 heterocycles. The number of carbonyl (C=O) groups is 1. The average Bonchev–Trinajstić information content (AvgIpc) is 2.82. The van der Waals surface area contributed by atoms with E-state index in [9.17, 15) is 26.4 Å². The summed E-state index contributed by atoms with van der Waals surface area (Å²) in [5, 5.41) is 0. The summed E-state index contributed by atoms with van der Waals surface area (Å²) in [5.41, 5.74) is -0.129. The highest BCUT2D eigenvalue weighted by atomic mass is 32.2. The minimum absolute atomic E-state index is 0.0841. The molecule has 0 unspecified atom stereocenters. The van der Waals surface area contributed by atoms with E-state index < -0.39 is 26.8 Å². The molecule has 0 aromatic heterocycles. The van der Waals surface area contributed by atoms with Crippen LogP contribution in [0.4, 0.5) is 13.2 Å². The number of para-hydroxylation sites is 1. The molecule has 0 aliphatic heterocycles. The molecule has 192 valence electrons. The summed E-state index contributed by atoms with van der Waals surface area (Å²) in [6.45, 7) is 4.49. The van der Waals surface area contributed by atoms with Gasteiger partial charge in [-0.3, -0.25) is 4.79 Å². The van der Waals surface area contributed by atoms with Crippen LogP contribution in [0, 0.1) is 5.92 Å². The lowest BCUT2D eigenvalue weighted by molar-refractivity contribution is -0.137. The Labute approximate surface area is 208 Å².